The zero-order valence-electron chi connectivity index (χ0n) is 20.2. The quantitative estimate of drug-likeness (QED) is 0.452. The largest absolute Gasteiger partial charge is 0.368 e. The first-order chi connectivity index (χ1) is 17.5. The number of imidazole rings is 1. The molecule has 0 bridgehead atoms. The molecule has 8 nitrogen and oxygen atoms in total. The van der Waals surface area contributed by atoms with Crippen LogP contribution in [-0.4, -0.2) is 59.0 Å². The summed E-state index contributed by atoms with van der Waals surface area (Å²) in [6.07, 6.45) is 2.73. The van der Waals surface area contributed by atoms with Crippen molar-refractivity contribution in [3.63, 3.8) is 0 Å². The first-order valence-corrected chi connectivity index (χ1v) is 12.6. The second kappa shape index (κ2) is 7.80. The molecule has 7 rings (SSSR count). The third kappa shape index (κ3) is 3.21. The highest BCUT2D eigenvalue weighted by Crippen LogP contribution is 2.38. The molecule has 3 aliphatic rings. The number of nitrogens with one attached hydrogen (secondary N) is 1. The molecule has 3 aromatic carbocycles. The minimum atomic E-state index is -0.343. The Balaban J connectivity index is 1.26. The molecule has 36 heavy (non-hydrogen) atoms. The van der Waals surface area contributed by atoms with Crippen molar-refractivity contribution in [2.24, 2.45) is 13.0 Å². The highest BCUT2D eigenvalue weighted by atomic mass is 16.2. The Labute approximate surface area is 207 Å². The normalized spacial score (nSPS) is 18.6. The zero-order chi connectivity index (χ0) is 24.6. The van der Waals surface area contributed by atoms with Gasteiger partial charge < -0.3 is 9.88 Å². The highest BCUT2D eigenvalue weighted by Gasteiger charge is 2.35. The van der Waals surface area contributed by atoms with E-state index in [4.69, 9.17) is 0 Å². The van der Waals surface area contributed by atoms with Gasteiger partial charge in [0.1, 0.15) is 0 Å². The topological polar surface area (TPSA) is 81.7 Å². The first-order valence-electron chi connectivity index (χ1n) is 12.6. The van der Waals surface area contributed by atoms with Gasteiger partial charge >= 0.3 is 5.69 Å². The summed E-state index contributed by atoms with van der Waals surface area (Å²) in [4.78, 5) is 48.3. The van der Waals surface area contributed by atoms with E-state index >= 15 is 0 Å². The standard InChI is InChI=1S/C28H27N5O3/c1-30-24-15-18(7-9-22(24)29-28(30)36)33-26(34)20-4-2-3-19-23(10-8-21(25(19)20)27(33)35)32-13-11-31(12-14-32)16-17-5-6-17/h2-4,7-10,15,17H,5-6,11-14,16H2,1H3,(H,29,36). The van der Waals surface area contributed by atoms with Crippen molar-refractivity contribution in [1.82, 2.24) is 14.5 Å². The van der Waals surface area contributed by atoms with Gasteiger partial charge in [-0.05, 0) is 55.2 Å². The Bertz CT molecular complexity index is 1600. The van der Waals surface area contributed by atoms with Crippen molar-refractivity contribution < 1.29 is 9.59 Å². The van der Waals surface area contributed by atoms with Crippen molar-refractivity contribution in [3.8, 4) is 0 Å². The van der Waals surface area contributed by atoms with E-state index in [0.717, 1.165) is 48.6 Å². The fourth-order valence-corrected chi connectivity index (χ4v) is 5.78. The predicted molar refractivity (Wildman–Crippen MR) is 140 cm³/mol. The molecule has 1 N–H and O–H groups in total. The molecule has 0 radical (unpaired) electrons. The summed E-state index contributed by atoms with van der Waals surface area (Å²) in [7, 11) is 1.66. The van der Waals surface area contributed by atoms with Crippen LogP contribution in [0.25, 0.3) is 21.8 Å². The number of H-pyrrole nitrogens is 1. The molecule has 0 spiro atoms. The number of piperazine rings is 1. The van der Waals surface area contributed by atoms with Crippen LogP contribution in [0, 0.1) is 5.92 Å². The zero-order valence-corrected chi connectivity index (χ0v) is 20.2. The summed E-state index contributed by atoms with van der Waals surface area (Å²) in [6.45, 7) is 5.16. The maximum Gasteiger partial charge on any atom is 0.326 e. The van der Waals surface area contributed by atoms with Crippen LogP contribution in [0.2, 0.25) is 0 Å². The molecule has 4 aromatic rings. The number of rotatable bonds is 4. The molecular weight excluding hydrogens is 454 g/mol. The van der Waals surface area contributed by atoms with Crippen LogP contribution >= 0.6 is 0 Å². The number of hydrogen-bond acceptors (Lipinski definition) is 5. The lowest BCUT2D eigenvalue weighted by molar-refractivity contribution is 0.0893. The summed E-state index contributed by atoms with van der Waals surface area (Å²) in [5.74, 6) is 0.202. The maximum atomic E-state index is 13.7. The monoisotopic (exact) mass is 481 g/mol. The summed E-state index contributed by atoms with van der Waals surface area (Å²) in [5.41, 5.74) is 3.64. The van der Waals surface area contributed by atoms with Crippen LogP contribution in [0.5, 0.6) is 0 Å². The SMILES string of the molecule is Cn1c(=O)[nH]c2ccc(N3C(=O)c4cccc5c(N6CCN(CC7CC7)CC6)ccc(c45)C3=O)cc21. The van der Waals surface area contributed by atoms with Gasteiger partial charge in [-0.3, -0.25) is 19.1 Å². The van der Waals surface area contributed by atoms with E-state index in [9.17, 15) is 14.4 Å². The minimum absolute atomic E-state index is 0.241. The Kier molecular flexibility index (Phi) is 4.63. The average Bonchev–Trinajstić information content (AvgIpc) is 3.67. The van der Waals surface area contributed by atoms with Gasteiger partial charge in [-0.1, -0.05) is 12.1 Å². The number of amides is 2. The minimum Gasteiger partial charge on any atom is -0.368 e. The number of aromatic amines is 1. The van der Waals surface area contributed by atoms with Crippen molar-refractivity contribution in [2.45, 2.75) is 12.8 Å². The van der Waals surface area contributed by atoms with Gasteiger partial charge in [0.25, 0.3) is 11.8 Å². The van der Waals surface area contributed by atoms with E-state index in [0.29, 0.717) is 27.8 Å². The van der Waals surface area contributed by atoms with Crippen LogP contribution in [-0.2, 0) is 7.05 Å². The Morgan fingerprint density at radius 2 is 1.64 bits per heavy atom. The summed E-state index contributed by atoms with van der Waals surface area (Å²) in [6, 6.07) is 14.8. The van der Waals surface area contributed by atoms with Gasteiger partial charge in [-0.25, -0.2) is 9.69 Å². The van der Waals surface area contributed by atoms with Crippen molar-refractivity contribution >= 4 is 45.0 Å². The van der Waals surface area contributed by atoms with Crippen molar-refractivity contribution in [1.29, 1.82) is 0 Å². The molecule has 0 unspecified atom stereocenters. The predicted octanol–water partition coefficient (Wildman–Crippen LogP) is 3.35. The van der Waals surface area contributed by atoms with Gasteiger partial charge in [0, 0.05) is 67.4 Å². The molecule has 1 aliphatic carbocycles. The number of fused-ring (bicyclic) bond motifs is 1. The smallest absolute Gasteiger partial charge is 0.326 e. The Morgan fingerprint density at radius 3 is 2.39 bits per heavy atom. The summed E-state index contributed by atoms with van der Waals surface area (Å²) in [5, 5.41) is 1.68. The number of hydrogen-bond donors (Lipinski definition) is 1. The molecule has 1 saturated carbocycles. The van der Waals surface area contributed by atoms with E-state index < -0.39 is 0 Å². The lowest BCUT2D eigenvalue weighted by atomic mass is 9.92. The van der Waals surface area contributed by atoms with E-state index in [-0.39, 0.29) is 17.5 Å². The van der Waals surface area contributed by atoms with Crippen molar-refractivity contribution in [3.05, 3.63) is 70.1 Å². The number of aromatic nitrogens is 2. The van der Waals surface area contributed by atoms with E-state index in [1.807, 2.05) is 24.3 Å². The van der Waals surface area contributed by atoms with Gasteiger partial charge in [0.2, 0.25) is 0 Å². The molecule has 182 valence electrons. The molecule has 8 heteroatoms. The van der Waals surface area contributed by atoms with Crippen LogP contribution < -0.4 is 15.5 Å². The average molecular weight is 482 g/mol. The lowest BCUT2D eigenvalue weighted by Gasteiger charge is -2.37. The Morgan fingerprint density at radius 1 is 0.889 bits per heavy atom. The number of carbonyl (C=O) groups excluding carboxylic acids is 2. The van der Waals surface area contributed by atoms with Crippen LogP contribution in [0.1, 0.15) is 33.6 Å². The third-order valence-electron chi connectivity index (χ3n) is 7.96. The van der Waals surface area contributed by atoms with E-state index in [1.54, 1.807) is 31.3 Å². The second-order valence-electron chi connectivity index (χ2n) is 10.2. The van der Waals surface area contributed by atoms with E-state index in [2.05, 4.69) is 14.8 Å². The van der Waals surface area contributed by atoms with Crippen LogP contribution in [0.15, 0.2) is 53.3 Å². The summed E-state index contributed by atoms with van der Waals surface area (Å²) < 4.78 is 1.48. The number of anilines is 2. The molecule has 0 atom stereocenters. The first kappa shape index (κ1) is 21.4. The number of imide groups is 1. The van der Waals surface area contributed by atoms with E-state index in [1.165, 1.54) is 28.9 Å². The Hall–Kier alpha value is -3.91. The fraction of sp³-hybridized carbons (Fsp3) is 0.321. The fourth-order valence-electron chi connectivity index (χ4n) is 5.78. The molecule has 3 heterocycles. The van der Waals surface area contributed by atoms with Crippen LogP contribution in [0.3, 0.4) is 0 Å². The number of nitrogens with zero attached hydrogens (tertiary/aromatic N) is 4. The number of carbonyl (C=O) groups is 2. The summed E-state index contributed by atoms with van der Waals surface area (Å²) >= 11 is 0. The third-order valence-corrected chi connectivity index (χ3v) is 7.96. The van der Waals surface area contributed by atoms with Gasteiger partial charge in [-0.15, -0.1) is 0 Å². The molecule has 2 fully saturated rings. The molecule has 2 aliphatic heterocycles. The highest BCUT2D eigenvalue weighted by molar-refractivity contribution is 6.36. The molecule has 1 saturated heterocycles. The van der Waals surface area contributed by atoms with Gasteiger partial charge in [-0.2, -0.15) is 0 Å². The lowest BCUT2D eigenvalue weighted by Crippen LogP contribution is -2.47. The molecule has 1 aromatic heterocycles. The van der Waals surface area contributed by atoms with Crippen LogP contribution in [0.4, 0.5) is 11.4 Å². The number of benzene rings is 3. The van der Waals surface area contributed by atoms with Gasteiger partial charge in [0.15, 0.2) is 0 Å². The van der Waals surface area contributed by atoms with Gasteiger partial charge in [0.05, 0.1) is 16.7 Å². The number of aryl methyl sites for hydroxylation is 1. The second-order valence-corrected chi connectivity index (χ2v) is 10.2. The molecule has 2 amide bonds. The van der Waals surface area contributed by atoms with Crippen molar-refractivity contribution in [2.75, 3.05) is 42.5 Å². The molecular formula is C28H27N5O3. The maximum absolute atomic E-state index is 13.7.